The number of benzene rings is 1. The third-order valence-electron chi connectivity index (χ3n) is 2.72. The molecule has 0 saturated carbocycles. The number of pyridine rings is 1. The van der Waals surface area contributed by atoms with Crippen LogP contribution in [0.15, 0.2) is 35.1 Å². The molecule has 2 rings (SSSR count). The number of nitrogens with two attached hydrogens (primary N) is 1. The van der Waals surface area contributed by atoms with Crippen molar-refractivity contribution in [1.29, 1.82) is 0 Å². The van der Waals surface area contributed by atoms with Gasteiger partial charge in [0.05, 0.1) is 23.1 Å². The fourth-order valence-electron chi connectivity index (χ4n) is 1.64. The lowest BCUT2D eigenvalue weighted by Crippen LogP contribution is -2.17. The van der Waals surface area contributed by atoms with E-state index in [9.17, 15) is 4.79 Å². The number of anilines is 2. The predicted octanol–water partition coefficient (Wildman–Crippen LogP) is 3.34. The molecule has 0 aliphatic carbocycles. The van der Waals surface area contributed by atoms with Gasteiger partial charge >= 0.3 is 0 Å². The fourth-order valence-corrected chi connectivity index (χ4v) is 2.36. The molecule has 1 aromatic carbocycles. The Hall–Kier alpha value is -1.63. The summed E-state index contributed by atoms with van der Waals surface area (Å²) < 4.78 is 0.754. The summed E-state index contributed by atoms with van der Waals surface area (Å²) in [6.07, 6.45) is 3.00. The maximum atomic E-state index is 12.2. The summed E-state index contributed by atoms with van der Waals surface area (Å²) in [7, 11) is 0. The average Bonchev–Trinajstić information content (AvgIpc) is 2.44. The van der Waals surface area contributed by atoms with Crippen LogP contribution in [0.25, 0.3) is 0 Å². The van der Waals surface area contributed by atoms with Crippen molar-refractivity contribution in [1.82, 2.24) is 4.98 Å². The Morgan fingerprint density at radius 3 is 2.85 bits per heavy atom. The van der Waals surface area contributed by atoms with Crippen LogP contribution in [0.5, 0.6) is 0 Å². The second-order valence-corrected chi connectivity index (χ2v) is 5.36. The summed E-state index contributed by atoms with van der Waals surface area (Å²) >= 11 is 9.45. The van der Waals surface area contributed by atoms with Gasteiger partial charge in [-0.2, -0.15) is 0 Å². The highest BCUT2D eigenvalue weighted by Gasteiger charge is 2.13. The van der Waals surface area contributed by atoms with Crippen LogP contribution >= 0.6 is 27.5 Å². The summed E-state index contributed by atoms with van der Waals surface area (Å²) in [5, 5.41) is 3.35. The van der Waals surface area contributed by atoms with Gasteiger partial charge < -0.3 is 10.7 Å². The molecule has 1 amide bonds. The Balaban J connectivity index is 2.30. The van der Waals surface area contributed by atoms with Gasteiger partial charge in [0.25, 0.3) is 5.91 Å². The first-order valence-corrected chi connectivity index (χ1v) is 6.87. The molecule has 0 bridgehead atoms. The summed E-state index contributed by atoms with van der Waals surface area (Å²) in [6, 6.07) is 5.11. The van der Waals surface area contributed by atoms with Crippen molar-refractivity contribution in [3.05, 3.63) is 51.2 Å². The molecule has 2 aromatic rings. The molecule has 1 aromatic heterocycles. The molecule has 0 aliphatic rings. The number of nitrogens with one attached hydrogen (secondary N) is 2. The van der Waals surface area contributed by atoms with Crippen molar-refractivity contribution in [2.45, 2.75) is 6.92 Å². The zero-order chi connectivity index (χ0) is 14.7. The molecule has 20 heavy (non-hydrogen) atoms. The summed E-state index contributed by atoms with van der Waals surface area (Å²) in [5.74, 6) is 5.05. The molecular weight excluding hydrogens is 344 g/mol. The number of hydrogen-bond acceptors (Lipinski definition) is 4. The first-order chi connectivity index (χ1) is 9.52. The maximum Gasteiger partial charge on any atom is 0.257 e. The number of aryl methyl sites for hydroxylation is 1. The average molecular weight is 356 g/mol. The van der Waals surface area contributed by atoms with E-state index < -0.39 is 0 Å². The van der Waals surface area contributed by atoms with E-state index in [1.54, 1.807) is 12.1 Å². The molecule has 7 heteroatoms. The lowest BCUT2D eigenvalue weighted by Gasteiger charge is -2.11. The van der Waals surface area contributed by atoms with Gasteiger partial charge in [-0.3, -0.25) is 15.6 Å². The van der Waals surface area contributed by atoms with Crippen molar-refractivity contribution in [3.63, 3.8) is 0 Å². The SMILES string of the molecule is Cc1cc(Br)c(NC(=O)c2ccncc2NN)cc1Cl. The normalized spacial score (nSPS) is 10.2. The Morgan fingerprint density at radius 2 is 2.15 bits per heavy atom. The Labute approximate surface area is 129 Å². The van der Waals surface area contributed by atoms with Crippen LogP contribution in [0.1, 0.15) is 15.9 Å². The van der Waals surface area contributed by atoms with Gasteiger partial charge in [-0.25, -0.2) is 0 Å². The highest BCUT2D eigenvalue weighted by atomic mass is 79.9. The van der Waals surface area contributed by atoms with Crippen LogP contribution in [-0.2, 0) is 0 Å². The zero-order valence-electron chi connectivity index (χ0n) is 10.6. The van der Waals surface area contributed by atoms with E-state index in [0.29, 0.717) is 22.0 Å². The summed E-state index contributed by atoms with van der Waals surface area (Å²) in [6.45, 7) is 1.89. The van der Waals surface area contributed by atoms with Gasteiger partial charge in [-0.1, -0.05) is 11.6 Å². The molecule has 0 radical (unpaired) electrons. The van der Waals surface area contributed by atoms with Crippen molar-refractivity contribution in [3.8, 4) is 0 Å². The van der Waals surface area contributed by atoms with E-state index in [4.69, 9.17) is 17.4 Å². The minimum Gasteiger partial charge on any atom is -0.322 e. The van der Waals surface area contributed by atoms with Crippen LogP contribution in [0.4, 0.5) is 11.4 Å². The van der Waals surface area contributed by atoms with Gasteiger partial charge in [0.15, 0.2) is 0 Å². The highest BCUT2D eigenvalue weighted by Crippen LogP contribution is 2.29. The molecule has 0 spiro atoms. The molecule has 104 valence electrons. The zero-order valence-corrected chi connectivity index (χ0v) is 12.9. The molecule has 0 saturated heterocycles. The van der Waals surface area contributed by atoms with Crippen LogP contribution in [0.3, 0.4) is 0 Å². The Bertz CT molecular complexity index is 663. The topological polar surface area (TPSA) is 80.0 Å². The molecule has 0 fully saturated rings. The number of nitrogens with zero attached hydrogens (tertiary/aromatic N) is 1. The minimum absolute atomic E-state index is 0.305. The molecular formula is C13H12BrClN4O. The predicted molar refractivity (Wildman–Crippen MR) is 83.9 cm³/mol. The van der Waals surface area contributed by atoms with Crippen LogP contribution in [-0.4, -0.2) is 10.9 Å². The summed E-state index contributed by atoms with van der Waals surface area (Å²) in [4.78, 5) is 16.1. The number of rotatable bonds is 3. The Morgan fingerprint density at radius 1 is 1.40 bits per heavy atom. The third-order valence-corrected chi connectivity index (χ3v) is 3.78. The number of aromatic nitrogens is 1. The minimum atomic E-state index is -0.305. The molecule has 0 atom stereocenters. The van der Waals surface area contributed by atoms with Gasteiger partial charge in [-0.05, 0) is 46.6 Å². The van der Waals surface area contributed by atoms with Crippen molar-refractivity contribution in [2.24, 2.45) is 5.84 Å². The smallest absolute Gasteiger partial charge is 0.257 e. The number of carbonyl (C=O) groups is 1. The number of hydrazine groups is 1. The van der Waals surface area contributed by atoms with E-state index in [1.165, 1.54) is 12.4 Å². The molecule has 4 N–H and O–H groups in total. The van der Waals surface area contributed by atoms with E-state index in [2.05, 4.69) is 31.7 Å². The van der Waals surface area contributed by atoms with Crippen LogP contribution < -0.4 is 16.6 Å². The van der Waals surface area contributed by atoms with E-state index in [-0.39, 0.29) is 5.91 Å². The number of halogens is 2. The number of amides is 1. The van der Waals surface area contributed by atoms with Gasteiger partial charge in [0.2, 0.25) is 0 Å². The monoisotopic (exact) mass is 354 g/mol. The lowest BCUT2D eigenvalue weighted by molar-refractivity contribution is 0.102. The van der Waals surface area contributed by atoms with Crippen molar-refractivity contribution < 1.29 is 4.79 Å². The second kappa shape index (κ2) is 6.21. The Kier molecular flexibility index (Phi) is 4.59. The quantitative estimate of drug-likeness (QED) is 0.583. The van der Waals surface area contributed by atoms with E-state index >= 15 is 0 Å². The lowest BCUT2D eigenvalue weighted by atomic mass is 10.2. The van der Waals surface area contributed by atoms with Crippen LogP contribution in [0.2, 0.25) is 5.02 Å². The van der Waals surface area contributed by atoms with Crippen molar-refractivity contribution in [2.75, 3.05) is 10.7 Å². The molecule has 0 unspecified atom stereocenters. The van der Waals surface area contributed by atoms with E-state index in [1.807, 2.05) is 13.0 Å². The molecule has 1 heterocycles. The second-order valence-electron chi connectivity index (χ2n) is 4.10. The molecule has 0 aliphatic heterocycles. The fraction of sp³-hybridized carbons (Fsp3) is 0.0769. The first kappa shape index (κ1) is 14.8. The summed E-state index contributed by atoms with van der Waals surface area (Å²) in [5.41, 5.74) is 4.78. The molecule has 5 nitrogen and oxygen atoms in total. The van der Waals surface area contributed by atoms with Gasteiger partial charge in [-0.15, -0.1) is 0 Å². The van der Waals surface area contributed by atoms with Gasteiger partial charge in [0, 0.05) is 15.7 Å². The maximum absolute atomic E-state index is 12.2. The number of nitrogen functional groups attached to an aromatic ring is 1. The standard InChI is InChI=1S/C13H12BrClN4O/c1-7-4-9(14)11(5-10(7)15)18-13(20)8-2-3-17-6-12(8)19-16/h2-6,19H,16H2,1H3,(H,18,20). The first-order valence-electron chi connectivity index (χ1n) is 5.70. The van der Waals surface area contributed by atoms with E-state index in [0.717, 1.165) is 10.0 Å². The van der Waals surface area contributed by atoms with Crippen molar-refractivity contribution >= 4 is 44.8 Å². The highest BCUT2D eigenvalue weighted by molar-refractivity contribution is 9.10. The van der Waals surface area contributed by atoms with Gasteiger partial charge in [0.1, 0.15) is 0 Å². The largest absolute Gasteiger partial charge is 0.322 e. The third kappa shape index (κ3) is 3.09. The number of hydrogen-bond donors (Lipinski definition) is 3. The number of carbonyl (C=O) groups excluding carboxylic acids is 1. The van der Waals surface area contributed by atoms with Crippen LogP contribution in [0, 0.1) is 6.92 Å².